The molecule has 0 saturated carbocycles. The third-order valence-corrected chi connectivity index (χ3v) is 4.44. The number of thiazole rings is 1. The molecule has 0 saturated heterocycles. The lowest BCUT2D eigenvalue weighted by atomic mass is 10.1. The second kappa shape index (κ2) is 11.4. The van der Waals surface area contributed by atoms with Crippen LogP contribution >= 0.6 is 35.3 Å². The predicted molar refractivity (Wildman–Crippen MR) is 111 cm³/mol. The molecule has 0 aliphatic carbocycles. The van der Waals surface area contributed by atoms with Gasteiger partial charge in [-0.05, 0) is 18.1 Å². The van der Waals surface area contributed by atoms with Gasteiger partial charge in [-0.1, -0.05) is 24.3 Å². The zero-order chi connectivity index (χ0) is 19.0. The van der Waals surface area contributed by atoms with Gasteiger partial charge in [0.15, 0.2) is 5.96 Å². The number of guanidine groups is 1. The molecule has 5 nitrogen and oxygen atoms in total. The van der Waals surface area contributed by atoms with E-state index in [1.165, 1.54) is 0 Å². The summed E-state index contributed by atoms with van der Waals surface area (Å²) in [6.07, 6.45) is -4.30. The first kappa shape index (κ1) is 23.6. The summed E-state index contributed by atoms with van der Waals surface area (Å²) in [6.45, 7) is 1.85. The first-order valence-corrected chi connectivity index (χ1v) is 8.81. The molecule has 1 aromatic carbocycles. The average Bonchev–Trinajstić information content (AvgIpc) is 3.00. The number of aliphatic imine (C=N–C) groups is 1. The minimum atomic E-state index is -4.30. The van der Waals surface area contributed by atoms with Gasteiger partial charge in [0, 0.05) is 18.5 Å². The molecular weight excluding hydrogens is 492 g/mol. The fourth-order valence-electron chi connectivity index (χ4n) is 2.10. The van der Waals surface area contributed by atoms with Gasteiger partial charge in [-0.15, -0.1) is 35.3 Å². The van der Waals surface area contributed by atoms with Crippen molar-refractivity contribution in [2.75, 3.05) is 13.7 Å². The average molecular weight is 514 g/mol. The fraction of sp³-hybridized carbons (Fsp3) is 0.412. The number of halogens is 4. The van der Waals surface area contributed by atoms with Crippen molar-refractivity contribution >= 4 is 41.3 Å². The minimum Gasteiger partial charge on any atom is -0.367 e. The quantitative estimate of drug-likeness (QED) is 0.333. The Hall–Kier alpha value is -1.40. The van der Waals surface area contributed by atoms with Crippen LogP contribution in [0.4, 0.5) is 13.2 Å². The van der Waals surface area contributed by atoms with Crippen LogP contribution < -0.4 is 10.6 Å². The summed E-state index contributed by atoms with van der Waals surface area (Å²) in [4.78, 5) is 9.52. The SMILES string of the molecule is CN=C(NCc1ccc(COCC(F)(F)F)cc1)NCc1scnc1C.I. The largest absolute Gasteiger partial charge is 0.411 e. The number of hydrogen-bond acceptors (Lipinski definition) is 4. The number of benzene rings is 1. The van der Waals surface area contributed by atoms with Gasteiger partial charge in [0.2, 0.25) is 0 Å². The maximum Gasteiger partial charge on any atom is 0.411 e. The third-order valence-electron chi connectivity index (χ3n) is 3.50. The Labute approximate surface area is 177 Å². The molecule has 0 aliphatic heterocycles. The Morgan fingerprint density at radius 3 is 2.33 bits per heavy atom. The van der Waals surface area contributed by atoms with Crippen LogP contribution in [0.1, 0.15) is 21.7 Å². The summed E-state index contributed by atoms with van der Waals surface area (Å²) in [5, 5.41) is 6.41. The first-order valence-electron chi connectivity index (χ1n) is 7.93. The molecule has 0 amide bonds. The van der Waals surface area contributed by atoms with E-state index in [2.05, 4.69) is 25.3 Å². The maximum atomic E-state index is 12.1. The van der Waals surface area contributed by atoms with Crippen LogP contribution in [0.5, 0.6) is 0 Å². The monoisotopic (exact) mass is 514 g/mol. The number of nitrogens with zero attached hydrogens (tertiary/aromatic N) is 2. The third kappa shape index (κ3) is 8.89. The second-order valence-electron chi connectivity index (χ2n) is 5.56. The highest BCUT2D eigenvalue weighted by atomic mass is 127. The number of aromatic nitrogens is 1. The summed E-state index contributed by atoms with van der Waals surface area (Å²) < 4.78 is 40.8. The van der Waals surface area contributed by atoms with E-state index in [1.807, 2.05) is 24.6 Å². The molecular formula is C17H22F3IN4OS. The molecule has 2 aromatic rings. The van der Waals surface area contributed by atoms with E-state index in [9.17, 15) is 13.2 Å². The van der Waals surface area contributed by atoms with E-state index in [1.54, 1.807) is 30.5 Å². The Bertz CT molecular complexity index is 720. The molecule has 150 valence electrons. The molecule has 10 heteroatoms. The van der Waals surface area contributed by atoms with Crippen LogP contribution in [-0.2, 0) is 24.4 Å². The lowest BCUT2D eigenvalue weighted by molar-refractivity contribution is -0.176. The molecule has 0 radical (unpaired) electrons. The van der Waals surface area contributed by atoms with Crippen LogP contribution in [0.25, 0.3) is 0 Å². The van der Waals surface area contributed by atoms with Crippen molar-refractivity contribution in [3.05, 3.63) is 51.5 Å². The number of hydrogen-bond donors (Lipinski definition) is 2. The zero-order valence-corrected chi connectivity index (χ0v) is 18.1. The minimum absolute atomic E-state index is 0. The highest BCUT2D eigenvalue weighted by molar-refractivity contribution is 14.0. The summed E-state index contributed by atoms with van der Waals surface area (Å²) in [7, 11) is 1.69. The lowest BCUT2D eigenvalue weighted by Gasteiger charge is -2.12. The highest BCUT2D eigenvalue weighted by Crippen LogP contribution is 2.16. The van der Waals surface area contributed by atoms with Crippen molar-refractivity contribution in [1.82, 2.24) is 15.6 Å². The standard InChI is InChI=1S/C17H21F3N4OS.HI/c1-12-15(26-11-24-12)8-23-16(21-2)22-7-13-3-5-14(6-4-13)9-25-10-17(18,19)20;/h3-6,11H,7-10H2,1-2H3,(H2,21,22,23);1H. The van der Waals surface area contributed by atoms with Crippen LogP contribution in [0, 0.1) is 6.92 Å². The Morgan fingerprint density at radius 2 is 1.78 bits per heavy atom. The van der Waals surface area contributed by atoms with Gasteiger partial charge in [-0.3, -0.25) is 4.99 Å². The van der Waals surface area contributed by atoms with E-state index in [0.717, 1.165) is 16.1 Å². The van der Waals surface area contributed by atoms with E-state index in [-0.39, 0.29) is 30.6 Å². The van der Waals surface area contributed by atoms with Crippen molar-refractivity contribution < 1.29 is 17.9 Å². The van der Waals surface area contributed by atoms with Crippen molar-refractivity contribution in [3.63, 3.8) is 0 Å². The highest BCUT2D eigenvalue weighted by Gasteiger charge is 2.27. The number of alkyl halides is 3. The van der Waals surface area contributed by atoms with Gasteiger partial charge in [0.1, 0.15) is 6.61 Å². The van der Waals surface area contributed by atoms with Gasteiger partial charge in [-0.25, -0.2) is 4.98 Å². The number of rotatable bonds is 7. The molecule has 0 fully saturated rings. The van der Waals surface area contributed by atoms with Gasteiger partial charge in [0.05, 0.1) is 24.4 Å². The molecule has 27 heavy (non-hydrogen) atoms. The topological polar surface area (TPSA) is 58.5 Å². The second-order valence-corrected chi connectivity index (χ2v) is 6.50. The van der Waals surface area contributed by atoms with Crippen molar-refractivity contribution in [2.24, 2.45) is 4.99 Å². The number of nitrogens with one attached hydrogen (secondary N) is 2. The Kier molecular flexibility index (Phi) is 10.0. The zero-order valence-electron chi connectivity index (χ0n) is 15.0. The Morgan fingerprint density at radius 1 is 1.15 bits per heavy atom. The molecule has 0 unspecified atom stereocenters. The molecule has 1 heterocycles. The fourth-order valence-corrected chi connectivity index (χ4v) is 2.82. The molecule has 0 bridgehead atoms. The Balaban J connectivity index is 0.00000364. The van der Waals surface area contributed by atoms with E-state index >= 15 is 0 Å². The molecule has 0 aliphatic rings. The molecule has 0 spiro atoms. The van der Waals surface area contributed by atoms with E-state index in [0.29, 0.717) is 24.6 Å². The lowest BCUT2D eigenvalue weighted by Crippen LogP contribution is -2.36. The van der Waals surface area contributed by atoms with Crippen LogP contribution in [-0.4, -0.2) is 30.8 Å². The van der Waals surface area contributed by atoms with Crippen LogP contribution in [0.3, 0.4) is 0 Å². The van der Waals surface area contributed by atoms with Crippen LogP contribution in [0.15, 0.2) is 34.8 Å². The van der Waals surface area contributed by atoms with Gasteiger partial charge in [-0.2, -0.15) is 13.2 Å². The van der Waals surface area contributed by atoms with Crippen molar-refractivity contribution in [2.45, 2.75) is 32.8 Å². The summed E-state index contributed by atoms with van der Waals surface area (Å²) in [6, 6.07) is 7.20. The summed E-state index contributed by atoms with van der Waals surface area (Å²) in [5.74, 6) is 0.662. The maximum absolute atomic E-state index is 12.1. The van der Waals surface area contributed by atoms with Crippen molar-refractivity contribution in [1.29, 1.82) is 0 Å². The van der Waals surface area contributed by atoms with Gasteiger partial charge >= 0.3 is 6.18 Å². The van der Waals surface area contributed by atoms with E-state index < -0.39 is 12.8 Å². The normalized spacial score (nSPS) is 11.8. The summed E-state index contributed by atoms with van der Waals surface area (Å²) in [5.41, 5.74) is 4.49. The molecule has 0 atom stereocenters. The summed E-state index contributed by atoms with van der Waals surface area (Å²) >= 11 is 1.59. The van der Waals surface area contributed by atoms with Gasteiger partial charge < -0.3 is 15.4 Å². The number of ether oxygens (including phenoxy) is 1. The molecule has 1 aromatic heterocycles. The number of aryl methyl sites for hydroxylation is 1. The van der Waals surface area contributed by atoms with Gasteiger partial charge in [0.25, 0.3) is 0 Å². The smallest absolute Gasteiger partial charge is 0.367 e. The predicted octanol–water partition coefficient (Wildman–Crippen LogP) is 4.01. The van der Waals surface area contributed by atoms with Crippen LogP contribution in [0.2, 0.25) is 0 Å². The molecule has 2 rings (SSSR count). The first-order chi connectivity index (χ1) is 12.4. The van der Waals surface area contributed by atoms with Crippen molar-refractivity contribution in [3.8, 4) is 0 Å². The van der Waals surface area contributed by atoms with E-state index in [4.69, 9.17) is 0 Å². The molecule has 2 N–H and O–H groups in total.